The Bertz CT molecular complexity index is 844. The number of methoxy groups -OCH3 is 1. The molecule has 0 bridgehead atoms. The molecule has 0 fully saturated rings. The molecule has 2 aromatic rings. The summed E-state index contributed by atoms with van der Waals surface area (Å²) in [6, 6.07) is 14.0. The van der Waals surface area contributed by atoms with E-state index >= 15 is 0 Å². The third-order valence-electron chi connectivity index (χ3n) is 4.34. The minimum atomic E-state index is -0.822. The number of esters is 2. The highest BCUT2D eigenvalue weighted by Gasteiger charge is 2.32. The van der Waals surface area contributed by atoms with E-state index in [1.54, 1.807) is 43.4 Å². The van der Waals surface area contributed by atoms with Gasteiger partial charge in [-0.1, -0.05) is 30.3 Å². The molecule has 6 nitrogen and oxygen atoms in total. The predicted octanol–water partition coefficient (Wildman–Crippen LogP) is 2.21. The van der Waals surface area contributed by atoms with Gasteiger partial charge in [-0.05, 0) is 29.3 Å². The van der Waals surface area contributed by atoms with E-state index in [0.717, 1.165) is 11.1 Å². The van der Waals surface area contributed by atoms with Crippen molar-refractivity contribution in [3.63, 3.8) is 0 Å². The van der Waals surface area contributed by atoms with E-state index in [4.69, 9.17) is 4.74 Å². The number of nitrogens with zero attached hydrogens (tertiary/aromatic N) is 1. The van der Waals surface area contributed by atoms with E-state index in [1.165, 1.54) is 12.0 Å². The molecule has 1 aliphatic rings. The second kappa shape index (κ2) is 7.39. The van der Waals surface area contributed by atoms with Crippen molar-refractivity contribution in [3.05, 3.63) is 70.8 Å². The monoisotopic (exact) mass is 353 g/mol. The average Bonchev–Trinajstić information content (AvgIpc) is 2.67. The Morgan fingerprint density at radius 3 is 2.54 bits per heavy atom. The molecule has 26 heavy (non-hydrogen) atoms. The van der Waals surface area contributed by atoms with Crippen LogP contribution in [0, 0.1) is 0 Å². The van der Waals surface area contributed by atoms with Gasteiger partial charge in [-0.25, -0.2) is 9.59 Å². The first-order chi connectivity index (χ1) is 12.5. The third-order valence-corrected chi connectivity index (χ3v) is 4.34. The van der Waals surface area contributed by atoms with Crippen LogP contribution in [0.25, 0.3) is 0 Å². The normalized spacial score (nSPS) is 15.6. The predicted molar refractivity (Wildman–Crippen MR) is 93.6 cm³/mol. The molecule has 0 aromatic heterocycles. The summed E-state index contributed by atoms with van der Waals surface area (Å²) >= 11 is 0. The number of fused-ring (bicyclic) bond motifs is 1. The van der Waals surface area contributed by atoms with Crippen molar-refractivity contribution in [1.29, 1.82) is 0 Å². The van der Waals surface area contributed by atoms with Gasteiger partial charge in [0.05, 0.1) is 18.2 Å². The molecule has 0 saturated carbocycles. The molecule has 1 aliphatic heterocycles. The van der Waals surface area contributed by atoms with Crippen molar-refractivity contribution >= 4 is 17.8 Å². The van der Waals surface area contributed by atoms with Gasteiger partial charge in [0.25, 0.3) is 5.91 Å². The van der Waals surface area contributed by atoms with Crippen LogP contribution in [0.2, 0.25) is 0 Å². The molecule has 3 rings (SSSR count). The molecular formula is C20H19NO5. The molecule has 6 heteroatoms. The SMILES string of the molecule is COC(=O)c1ccc(CN(C)C(=O)[C@H]2Cc3ccccc3C(=O)O2)cc1. The second-order valence-electron chi connectivity index (χ2n) is 6.14. The fraction of sp³-hybridized carbons (Fsp3) is 0.250. The highest BCUT2D eigenvalue weighted by molar-refractivity contribution is 5.95. The minimum absolute atomic E-state index is 0.259. The molecule has 2 aromatic carbocycles. The lowest BCUT2D eigenvalue weighted by Gasteiger charge is -2.27. The maximum absolute atomic E-state index is 12.7. The van der Waals surface area contributed by atoms with Crippen molar-refractivity contribution in [2.75, 3.05) is 14.2 Å². The maximum atomic E-state index is 12.7. The van der Waals surface area contributed by atoms with Crippen molar-refractivity contribution in [3.8, 4) is 0 Å². The summed E-state index contributed by atoms with van der Waals surface area (Å²) in [5.41, 5.74) is 2.63. The Balaban J connectivity index is 1.67. The fourth-order valence-corrected chi connectivity index (χ4v) is 2.93. The smallest absolute Gasteiger partial charge is 0.339 e. The highest BCUT2D eigenvalue weighted by Crippen LogP contribution is 2.22. The number of cyclic esters (lactones) is 1. The zero-order chi connectivity index (χ0) is 18.7. The van der Waals surface area contributed by atoms with Crippen LogP contribution in [-0.2, 0) is 27.2 Å². The molecule has 1 atom stereocenters. The molecule has 1 heterocycles. The summed E-state index contributed by atoms with van der Waals surface area (Å²) in [6.45, 7) is 0.343. The standard InChI is InChI=1S/C20H19NO5/c1-21(12-13-7-9-14(10-8-13)19(23)25-2)18(22)17-11-15-5-3-4-6-16(15)20(24)26-17/h3-10,17H,11-12H2,1-2H3/t17-/m1/s1. The van der Waals surface area contributed by atoms with Crippen LogP contribution in [0.5, 0.6) is 0 Å². The van der Waals surface area contributed by atoms with Crippen molar-refractivity contribution in [1.82, 2.24) is 4.90 Å². The van der Waals surface area contributed by atoms with Crippen molar-refractivity contribution < 1.29 is 23.9 Å². The highest BCUT2D eigenvalue weighted by atomic mass is 16.5. The summed E-state index contributed by atoms with van der Waals surface area (Å²) in [5, 5.41) is 0. The van der Waals surface area contributed by atoms with Crippen LogP contribution in [-0.4, -0.2) is 43.0 Å². The first-order valence-corrected chi connectivity index (χ1v) is 8.20. The number of amides is 1. The molecule has 0 radical (unpaired) electrons. The minimum Gasteiger partial charge on any atom is -0.465 e. The lowest BCUT2D eigenvalue weighted by molar-refractivity contribution is -0.140. The lowest BCUT2D eigenvalue weighted by Crippen LogP contribution is -2.42. The quantitative estimate of drug-likeness (QED) is 0.788. The Hall–Kier alpha value is -3.15. The summed E-state index contributed by atoms with van der Waals surface area (Å²) in [5.74, 6) is -1.14. The van der Waals surface area contributed by atoms with Crippen LogP contribution >= 0.6 is 0 Å². The van der Waals surface area contributed by atoms with Crippen LogP contribution in [0.3, 0.4) is 0 Å². The van der Waals surface area contributed by atoms with Gasteiger partial charge in [-0.15, -0.1) is 0 Å². The van der Waals surface area contributed by atoms with E-state index in [0.29, 0.717) is 24.1 Å². The topological polar surface area (TPSA) is 72.9 Å². The van der Waals surface area contributed by atoms with Crippen molar-refractivity contribution in [2.24, 2.45) is 0 Å². The number of rotatable bonds is 4. The Morgan fingerprint density at radius 2 is 1.85 bits per heavy atom. The number of ether oxygens (including phenoxy) is 2. The van der Waals surface area contributed by atoms with Gasteiger partial charge in [0.15, 0.2) is 6.10 Å². The summed E-state index contributed by atoms with van der Waals surface area (Å²) in [6.07, 6.45) is -0.455. The zero-order valence-electron chi connectivity index (χ0n) is 14.6. The molecule has 0 N–H and O–H groups in total. The van der Waals surface area contributed by atoms with E-state index in [2.05, 4.69) is 4.74 Å². The van der Waals surface area contributed by atoms with Crippen LogP contribution in [0.4, 0.5) is 0 Å². The van der Waals surface area contributed by atoms with Gasteiger partial charge in [0, 0.05) is 20.0 Å². The number of likely N-dealkylation sites (N-methyl/N-ethyl adjacent to an activating group) is 1. The molecule has 0 spiro atoms. The van der Waals surface area contributed by atoms with Crippen molar-refractivity contribution in [2.45, 2.75) is 19.1 Å². The molecule has 0 aliphatic carbocycles. The number of hydrogen-bond acceptors (Lipinski definition) is 5. The largest absolute Gasteiger partial charge is 0.465 e. The number of hydrogen-bond donors (Lipinski definition) is 0. The van der Waals surface area contributed by atoms with E-state index in [-0.39, 0.29) is 5.91 Å². The van der Waals surface area contributed by atoms with Gasteiger partial charge < -0.3 is 14.4 Å². The average molecular weight is 353 g/mol. The molecular weight excluding hydrogens is 334 g/mol. The van der Waals surface area contributed by atoms with Gasteiger partial charge in [-0.3, -0.25) is 4.79 Å². The Morgan fingerprint density at radius 1 is 1.15 bits per heavy atom. The molecule has 0 saturated heterocycles. The fourth-order valence-electron chi connectivity index (χ4n) is 2.93. The van der Waals surface area contributed by atoms with E-state index in [1.807, 2.05) is 12.1 Å². The van der Waals surface area contributed by atoms with Gasteiger partial charge in [-0.2, -0.15) is 0 Å². The zero-order valence-corrected chi connectivity index (χ0v) is 14.6. The lowest BCUT2D eigenvalue weighted by atomic mass is 9.98. The van der Waals surface area contributed by atoms with E-state index < -0.39 is 18.0 Å². The molecule has 1 amide bonds. The van der Waals surface area contributed by atoms with Gasteiger partial charge >= 0.3 is 11.9 Å². The summed E-state index contributed by atoms with van der Waals surface area (Å²) in [7, 11) is 2.98. The van der Waals surface area contributed by atoms with Gasteiger partial charge in [0.1, 0.15) is 0 Å². The van der Waals surface area contributed by atoms with Gasteiger partial charge in [0.2, 0.25) is 0 Å². The molecule has 0 unspecified atom stereocenters. The maximum Gasteiger partial charge on any atom is 0.339 e. The molecule has 134 valence electrons. The number of benzene rings is 2. The van der Waals surface area contributed by atoms with Crippen LogP contribution in [0.15, 0.2) is 48.5 Å². The Labute approximate surface area is 151 Å². The third kappa shape index (κ3) is 3.59. The van der Waals surface area contributed by atoms with Crippen LogP contribution in [0.1, 0.15) is 31.8 Å². The summed E-state index contributed by atoms with van der Waals surface area (Å²) < 4.78 is 9.97. The first-order valence-electron chi connectivity index (χ1n) is 8.20. The second-order valence-corrected chi connectivity index (χ2v) is 6.14. The van der Waals surface area contributed by atoms with E-state index in [9.17, 15) is 14.4 Å². The number of carbonyl (C=O) groups is 3. The van der Waals surface area contributed by atoms with Crippen LogP contribution < -0.4 is 0 Å². The number of carbonyl (C=O) groups excluding carboxylic acids is 3. The summed E-state index contributed by atoms with van der Waals surface area (Å²) in [4.78, 5) is 37.7. The Kier molecular flexibility index (Phi) is 5.02. The first kappa shape index (κ1) is 17.7.